The number of rotatable bonds is 5. The van der Waals surface area contributed by atoms with Gasteiger partial charge in [0.25, 0.3) is 0 Å². The number of carbonyl (C=O) groups excluding carboxylic acids is 2. The van der Waals surface area contributed by atoms with E-state index < -0.39 is 5.97 Å². The number of hydrogen-bond donors (Lipinski definition) is 2. The summed E-state index contributed by atoms with van der Waals surface area (Å²) in [6, 6.07) is -0.294. The summed E-state index contributed by atoms with van der Waals surface area (Å²) >= 11 is 0. The van der Waals surface area contributed by atoms with Gasteiger partial charge in [0.1, 0.15) is 6.54 Å². The average molecular weight is 285 g/mol. The monoisotopic (exact) mass is 285 g/mol. The van der Waals surface area contributed by atoms with Gasteiger partial charge in [-0.25, -0.2) is 4.79 Å². The Kier molecular flexibility index (Phi) is 6.27. The highest BCUT2D eigenvalue weighted by atomic mass is 16.4. The van der Waals surface area contributed by atoms with E-state index in [0.717, 1.165) is 6.42 Å². The van der Waals surface area contributed by atoms with E-state index in [2.05, 4.69) is 5.32 Å². The number of likely N-dealkylation sites (N-methyl/N-ethyl adjacent to an activating group) is 1. The summed E-state index contributed by atoms with van der Waals surface area (Å²) in [5, 5.41) is 11.5. The van der Waals surface area contributed by atoms with Crippen LogP contribution in [0.5, 0.6) is 0 Å². The second-order valence-corrected chi connectivity index (χ2v) is 5.15. The molecular weight excluding hydrogens is 262 g/mol. The van der Waals surface area contributed by atoms with E-state index >= 15 is 0 Å². The molecule has 1 atom stereocenters. The summed E-state index contributed by atoms with van der Waals surface area (Å²) in [6.07, 6.45) is 1.48. The van der Waals surface area contributed by atoms with Crippen LogP contribution in [-0.4, -0.2) is 66.0 Å². The molecule has 0 radical (unpaired) electrons. The minimum absolute atomic E-state index is 0.0401. The van der Waals surface area contributed by atoms with Crippen LogP contribution in [0.4, 0.5) is 4.79 Å². The molecule has 7 nitrogen and oxygen atoms in total. The van der Waals surface area contributed by atoms with Gasteiger partial charge in [0, 0.05) is 33.1 Å². The molecule has 0 bridgehead atoms. The van der Waals surface area contributed by atoms with Crippen molar-refractivity contribution in [2.45, 2.75) is 26.2 Å². The van der Waals surface area contributed by atoms with Crippen molar-refractivity contribution in [3.63, 3.8) is 0 Å². The zero-order chi connectivity index (χ0) is 15.1. The van der Waals surface area contributed by atoms with E-state index in [1.165, 1.54) is 4.90 Å². The number of nitrogens with zero attached hydrogens (tertiary/aromatic N) is 2. The molecule has 0 spiro atoms. The van der Waals surface area contributed by atoms with E-state index in [1.54, 1.807) is 11.9 Å². The summed E-state index contributed by atoms with van der Waals surface area (Å²) in [6.45, 7) is 3.49. The Hall–Kier alpha value is -1.79. The Morgan fingerprint density at radius 2 is 2.10 bits per heavy atom. The molecule has 1 saturated heterocycles. The van der Waals surface area contributed by atoms with Crippen molar-refractivity contribution < 1.29 is 19.5 Å². The topological polar surface area (TPSA) is 90.0 Å². The van der Waals surface area contributed by atoms with Crippen molar-refractivity contribution in [3.05, 3.63) is 0 Å². The predicted molar refractivity (Wildman–Crippen MR) is 73.3 cm³/mol. The molecule has 1 fully saturated rings. The van der Waals surface area contributed by atoms with Gasteiger partial charge < -0.3 is 20.2 Å². The van der Waals surface area contributed by atoms with Gasteiger partial charge in [-0.1, -0.05) is 13.3 Å². The molecule has 0 aliphatic carbocycles. The Morgan fingerprint density at radius 1 is 1.40 bits per heavy atom. The van der Waals surface area contributed by atoms with Gasteiger partial charge in [-0.2, -0.15) is 0 Å². The van der Waals surface area contributed by atoms with Gasteiger partial charge in [-0.15, -0.1) is 0 Å². The number of aliphatic carboxylic acids is 1. The van der Waals surface area contributed by atoms with Crippen molar-refractivity contribution in [1.82, 2.24) is 15.1 Å². The molecule has 0 saturated carbocycles. The number of urea groups is 1. The molecule has 1 rings (SSSR count). The van der Waals surface area contributed by atoms with Crippen molar-refractivity contribution in [2.75, 3.05) is 33.2 Å². The second kappa shape index (κ2) is 7.72. The fourth-order valence-electron chi connectivity index (χ4n) is 2.11. The minimum atomic E-state index is -0.863. The van der Waals surface area contributed by atoms with E-state index in [0.29, 0.717) is 26.1 Å². The first-order chi connectivity index (χ1) is 9.43. The first kappa shape index (κ1) is 16.3. The highest BCUT2D eigenvalue weighted by Gasteiger charge is 2.23. The zero-order valence-electron chi connectivity index (χ0n) is 12.1. The molecule has 1 heterocycles. The molecule has 0 aromatic carbocycles. The molecule has 7 heteroatoms. The summed E-state index contributed by atoms with van der Waals surface area (Å²) in [5.41, 5.74) is 0. The fourth-order valence-corrected chi connectivity index (χ4v) is 2.11. The lowest BCUT2D eigenvalue weighted by molar-refractivity contribution is -0.138. The average Bonchev–Trinajstić information content (AvgIpc) is 2.56. The van der Waals surface area contributed by atoms with E-state index in [-0.39, 0.29) is 30.8 Å². The van der Waals surface area contributed by atoms with Gasteiger partial charge >= 0.3 is 12.0 Å². The third kappa shape index (κ3) is 5.07. The molecule has 20 heavy (non-hydrogen) atoms. The van der Waals surface area contributed by atoms with Crippen molar-refractivity contribution in [1.29, 1.82) is 0 Å². The molecule has 3 amide bonds. The second-order valence-electron chi connectivity index (χ2n) is 5.15. The van der Waals surface area contributed by atoms with Crippen LogP contribution in [0.2, 0.25) is 0 Å². The normalized spacial score (nSPS) is 17.6. The molecule has 1 unspecified atom stereocenters. The number of carbonyl (C=O) groups is 3. The third-order valence-electron chi connectivity index (χ3n) is 3.54. The van der Waals surface area contributed by atoms with Crippen LogP contribution in [0, 0.1) is 5.92 Å². The molecule has 1 aliphatic rings. The maximum atomic E-state index is 12.0. The van der Waals surface area contributed by atoms with Crippen LogP contribution < -0.4 is 5.32 Å². The van der Waals surface area contributed by atoms with Crippen molar-refractivity contribution in [3.8, 4) is 0 Å². The maximum absolute atomic E-state index is 12.0. The first-order valence-corrected chi connectivity index (χ1v) is 6.92. The van der Waals surface area contributed by atoms with Crippen LogP contribution in [0.15, 0.2) is 0 Å². The number of nitrogens with one attached hydrogen (secondary N) is 1. The molecule has 0 aromatic rings. The number of amides is 3. The Labute approximate surface area is 118 Å². The molecule has 0 aromatic heterocycles. The van der Waals surface area contributed by atoms with Crippen LogP contribution >= 0.6 is 0 Å². The summed E-state index contributed by atoms with van der Waals surface area (Å²) < 4.78 is 0. The van der Waals surface area contributed by atoms with Gasteiger partial charge in [-0.05, 0) is 12.3 Å². The Bertz CT molecular complexity index is 373. The Balaban J connectivity index is 2.45. The van der Waals surface area contributed by atoms with Crippen molar-refractivity contribution in [2.24, 2.45) is 5.92 Å². The summed E-state index contributed by atoms with van der Waals surface area (Å²) in [7, 11) is 1.73. The van der Waals surface area contributed by atoms with Gasteiger partial charge in [0.2, 0.25) is 5.91 Å². The predicted octanol–water partition coefficient (Wildman–Crippen LogP) is 0.361. The summed E-state index contributed by atoms with van der Waals surface area (Å²) in [5.74, 6) is -1.02. The van der Waals surface area contributed by atoms with Gasteiger partial charge in [0.05, 0.1) is 0 Å². The minimum Gasteiger partial charge on any atom is -0.481 e. The van der Waals surface area contributed by atoms with Crippen LogP contribution in [0.1, 0.15) is 26.2 Å². The third-order valence-corrected chi connectivity index (χ3v) is 3.54. The lowest BCUT2D eigenvalue weighted by Gasteiger charge is -2.22. The van der Waals surface area contributed by atoms with E-state index in [9.17, 15) is 14.4 Å². The molecular formula is C13H23N3O4. The number of hydrogen-bond acceptors (Lipinski definition) is 3. The lowest BCUT2D eigenvalue weighted by atomic mass is 10.0. The number of carboxylic acids is 1. The smallest absolute Gasteiger partial charge is 0.317 e. The summed E-state index contributed by atoms with van der Waals surface area (Å²) in [4.78, 5) is 37.5. The molecule has 2 N–H and O–H groups in total. The fraction of sp³-hybridized carbons (Fsp3) is 0.769. The van der Waals surface area contributed by atoms with Crippen LogP contribution in [0.3, 0.4) is 0 Å². The van der Waals surface area contributed by atoms with Gasteiger partial charge in [-0.3, -0.25) is 9.59 Å². The zero-order valence-corrected chi connectivity index (χ0v) is 12.1. The lowest BCUT2D eigenvalue weighted by Crippen LogP contribution is -2.45. The highest BCUT2D eigenvalue weighted by Crippen LogP contribution is 2.08. The maximum Gasteiger partial charge on any atom is 0.317 e. The SMILES string of the molecule is CCC(CNC(=O)N1CCCN(C)C(=O)C1)CC(=O)O. The Morgan fingerprint density at radius 3 is 2.70 bits per heavy atom. The molecule has 114 valence electrons. The van der Waals surface area contributed by atoms with E-state index in [4.69, 9.17) is 5.11 Å². The van der Waals surface area contributed by atoms with Crippen LogP contribution in [0.25, 0.3) is 0 Å². The van der Waals surface area contributed by atoms with Crippen molar-refractivity contribution >= 4 is 17.9 Å². The standard InChI is InChI=1S/C13H23N3O4/c1-3-10(7-12(18)19)8-14-13(20)16-6-4-5-15(2)11(17)9-16/h10H,3-9H2,1-2H3,(H,14,20)(H,18,19). The number of carboxylic acid groups (broad SMARTS) is 1. The van der Waals surface area contributed by atoms with E-state index in [1.807, 2.05) is 6.92 Å². The van der Waals surface area contributed by atoms with Crippen LogP contribution in [-0.2, 0) is 9.59 Å². The highest BCUT2D eigenvalue weighted by molar-refractivity contribution is 5.84. The first-order valence-electron chi connectivity index (χ1n) is 6.92. The molecule has 1 aliphatic heterocycles. The quantitative estimate of drug-likeness (QED) is 0.763. The van der Waals surface area contributed by atoms with Gasteiger partial charge in [0.15, 0.2) is 0 Å². The largest absolute Gasteiger partial charge is 0.481 e.